The van der Waals surface area contributed by atoms with Crippen molar-refractivity contribution >= 4 is 17.0 Å². The lowest BCUT2D eigenvalue weighted by Gasteiger charge is -2.11. The molecular weight excluding hydrogens is 352 g/mol. The largest absolute Gasteiger partial charge is 0.461 e. The van der Waals surface area contributed by atoms with Gasteiger partial charge in [-0.2, -0.15) is 13.2 Å². The van der Waals surface area contributed by atoms with E-state index in [-0.39, 0.29) is 24.4 Å². The predicted molar refractivity (Wildman–Crippen MR) is 86.2 cm³/mol. The van der Waals surface area contributed by atoms with Crippen LogP contribution < -0.4 is 0 Å². The van der Waals surface area contributed by atoms with Gasteiger partial charge < -0.3 is 9.30 Å². The molecule has 0 radical (unpaired) electrons. The minimum Gasteiger partial charge on any atom is -0.461 e. The van der Waals surface area contributed by atoms with Crippen molar-refractivity contribution in [3.05, 3.63) is 65.2 Å². The lowest BCUT2D eigenvalue weighted by atomic mass is 10.2. The highest BCUT2D eigenvalue weighted by Gasteiger charge is 2.33. The van der Waals surface area contributed by atoms with E-state index in [9.17, 15) is 22.4 Å². The summed E-state index contributed by atoms with van der Waals surface area (Å²) in [4.78, 5) is 15.8. The topological polar surface area (TPSA) is 44.1 Å². The van der Waals surface area contributed by atoms with Gasteiger partial charge in [0.15, 0.2) is 0 Å². The van der Waals surface area contributed by atoms with Gasteiger partial charge in [-0.05, 0) is 42.8 Å². The predicted octanol–water partition coefficient (Wildman–Crippen LogP) is 4.42. The number of benzene rings is 1. The maximum absolute atomic E-state index is 13.4. The van der Waals surface area contributed by atoms with Crippen molar-refractivity contribution in [3.8, 4) is 0 Å². The van der Waals surface area contributed by atoms with Crippen LogP contribution in [0.3, 0.4) is 0 Å². The van der Waals surface area contributed by atoms with Gasteiger partial charge in [0.05, 0.1) is 17.6 Å². The Morgan fingerprint density at radius 2 is 1.96 bits per heavy atom. The number of pyridine rings is 1. The Morgan fingerprint density at radius 3 is 2.62 bits per heavy atom. The lowest BCUT2D eigenvalue weighted by molar-refractivity contribution is -0.140. The molecule has 3 aromatic rings. The summed E-state index contributed by atoms with van der Waals surface area (Å²) in [5, 5.41) is 0. The Kier molecular flexibility index (Phi) is 4.67. The number of ether oxygens (including phenoxy) is 1. The molecule has 4 nitrogen and oxygen atoms in total. The van der Waals surface area contributed by atoms with E-state index in [0.29, 0.717) is 11.1 Å². The van der Waals surface area contributed by atoms with E-state index in [2.05, 4.69) is 4.98 Å². The quantitative estimate of drug-likeness (QED) is 0.507. The normalized spacial score (nSPS) is 11.7. The summed E-state index contributed by atoms with van der Waals surface area (Å²) in [6.45, 7) is 1.82. The number of hydrogen-bond acceptors (Lipinski definition) is 3. The molecule has 2 aromatic heterocycles. The summed E-state index contributed by atoms with van der Waals surface area (Å²) in [6, 6.07) is 9.08. The number of carbonyl (C=O) groups is 1. The van der Waals surface area contributed by atoms with Crippen molar-refractivity contribution in [2.45, 2.75) is 19.6 Å². The highest BCUT2D eigenvalue weighted by atomic mass is 19.4. The Balaban J connectivity index is 2.14. The van der Waals surface area contributed by atoms with Gasteiger partial charge in [0.2, 0.25) is 0 Å². The lowest BCUT2D eigenvalue weighted by Crippen LogP contribution is -2.13. The van der Waals surface area contributed by atoms with Crippen LogP contribution in [-0.2, 0) is 17.5 Å². The van der Waals surface area contributed by atoms with Gasteiger partial charge >= 0.3 is 12.1 Å². The van der Waals surface area contributed by atoms with Crippen molar-refractivity contribution in [2.24, 2.45) is 0 Å². The van der Waals surface area contributed by atoms with Crippen LogP contribution in [0.15, 0.2) is 42.5 Å². The first kappa shape index (κ1) is 17.9. The minimum atomic E-state index is -4.59. The fraction of sp³-hybridized carbons (Fsp3) is 0.222. The van der Waals surface area contributed by atoms with E-state index in [0.717, 1.165) is 6.07 Å². The monoisotopic (exact) mass is 366 g/mol. The standard InChI is InChI=1S/C18H14F4N2O2/c1-2-26-17(25)15-9-13-14(6-7-16(23-13)18(20,21)22)24(15)10-11-4-3-5-12(19)8-11/h3-9H,2,10H2,1H3. The molecule has 0 fully saturated rings. The molecule has 3 rings (SSSR count). The molecule has 0 aliphatic heterocycles. The van der Waals surface area contributed by atoms with E-state index < -0.39 is 23.7 Å². The molecular formula is C18H14F4N2O2. The van der Waals surface area contributed by atoms with Crippen molar-refractivity contribution < 1.29 is 27.1 Å². The van der Waals surface area contributed by atoms with Gasteiger partial charge in [0, 0.05) is 6.54 Å². The van der Waals surface area contributed by atoms with E-state index in [1.807, 2.05) is 0 Å². The summed E-state index contributed by atoms with van der Waals surface area (Å²) in [5.41, 5.74) is -0.112. The molecule has 8 heteroatoms. The van der Waals surface area contributed by atoms with E-state index >= 15 is 0 Å². The highest BCUT2D eigenvalue weighted by molar-refractivity contribution is 5.94. The average molecular weight is 366 g/mol. The molecule has 0 bridgehead atoms. The number of carbonyl (C=O) groups excluding carboxylic acids is 1. The Labute approximate surface area is 146 Å². The molecule has 1 aromatic carbocycles. The summed E-state index contributed by atoms with van der Waals surface area (Å²) >= 11 is 0. The first-order valence-electron chi connectivity index (χ1n) is 7.78. The van der Waals surface area contributed by atoms with Crippen molar-refractivity contribution in [1.82, 2.24) is 9.55 Å². The molecule has 2 heterocycles. The maximum atomic E-state index is 13.4. The van der Waals surface area contributed by atoms with Gasteiger partial charge in [0.25, 0.3) is 0 Å². The SMILES string of the molecule is CCOC(=O)c1cc2nc(C(F)(F)F)ccc2n1Cc1cccc(F)c1. The molecule has 0 amide bonds. The van der Waals surface area contributed by atoms with Crippen LogP contribution in [0.2, 0.25) is 0 Å². The third-order valence-corrected chi connectivity index (χ3v) is 3.76. The fourth-order valence-corrected chi connectivity index (χ4v) is 2.66. The zero-order valence-corrected chi connectivity index (χ0v) is 13.7. The second-order valence-corrected chi connectivity index (χ2v) is 5.56. The third-order valence-electron chi connectivity index (χ3n) is 3.76. The Bertz CT molecular complexity index is 963. The molecule has 0 atom stereocenters. The van der Waals surface area contributed by atoms with Gasteiger partial charge in [-0.3, -0.25) is 0 Å². The number of rotatable bonds is 4. The zero-order valence-electron chi connectivity index (χ0n) is 13.7. The highest BCUT2D eigenvalue weighted by Crippen LogP contribution is 2.30. The number of fused-ring (bicyclic) bond motifs is 1. The smallest absolute Gasteiger partial charge is 0.433 e. The average Bonchev–Trinajstić information content (AvgIpc) is 2.92. The van der Waals surface area contributed by atoms with Crippen molar-refractivity contribution in [1.29, 1.82) is 0 Å². The van der Waals surface area contributed by atoms with Crippen LogP contribution in [0.4, 0.5) is 17.6 Å². The van der Waals surface area contributed by atoms with Crippen LogP contribution in [-0.4, -0.2) is 22.1 Å². The second-order valence-electron chi connectivity index (χ2n) is 5.56. The first-order valence-corrected chi connectivity index (χ1v) is 7.78. The van der Waals surface area contributed by atoms with Gasteiger partial charge in [-0.15, -0.1) is 0 Å². The molecule has 26 heavy (non-hydrogen) atoms. The minimum absolute atomic E-state index is 0.0132. The Morgan fingerprint density at radius 1 is 1.19 bits per heavy atom. The first-order chi connectivity index (χ1) is 12.3. The van der Waals surface area contributed by atoms with Crippen LogP contribution >= 0.6 is 0 Å². The van der Waals surface area contributed by atoms with Gasteiger partial charge in [0.1, 0.15) is 17.2 Å². The summed E-state index contributed by atoms with van der Waals surface area (Å²) < 4.78 is 58.5. The summed E-state index contributed by atoms with van der Waals surface area (Å²) in [6.07, 6.45) is -4.59. The number of esters is 1. The van der Waals surface area contributed by atoms with Gasteiger partial charge in [-0.25, -0.2) is 14.2 Å². The Hall–Kier alpha value is -2.90. The fourth-order valence-electron chi connectivity index (χ4n) is 2.66. The summed E-state index contributed by atoms with van der Waals surface area (Å²) in [7, 11) is 0. The van der Waals surface area contributed by atoms with Gasteiger partial charge in [-0.1, -0.05) is 12.1 Å². The van der Waals surface area contributed by atoms with Crippen LogP contribution in [0.5, 0.6) is 0 Å². The van der Waals surface area contributed by atoms with Crippen LogP contribution in [0.25, 0.3) is 11.0 Å². The summed E-state index contributed by atoms with van der Waals surface area (Å²) in [5.74, 6) is -1.13. The molecule has 0 aliphatic carbocycles. The number of nitrogens with zero attached hydrogens (tertiary/aromatic N) is 2. The third kappa shape index (κ3) is 3.54. The maximum Gasteiger partial charge on any atom is 0.433 e. The molecule has 0 saturated heterocycles. The molecule has 136 valence electrons. The van der Waals surface area contributed by atoms with Crippen molar-refractivity contribution in [3.63, 3.8) is 0 Å². The zero-order chi connectivity index (χ0) is 18.9. The van der Waals surface area contributed by atoms with Crippen LogP contribution in [0, 0.1) is 5.82 Å². The van der Waals surface area contributed by atoms with Crippen LogP contribution in [0.1, 0.15) is 28.7 Å². The van der Waals surface area contributed by atoms with Crippen molar-refractivity contribution in [2.75, 3.05) is 6.61 Å². The van der Waals surface area contributed by atoms with E-state index in [1.54, 1.807) is 13.0 Å². The van der Waals surface area contributed by atoms with E-state index in [1.165, 1.54) is 34.9 Å². The molecule has 0 aliphatic rings. The van der Waals surface area contributed by atoms with E-state index in [4.69, 9.17) is 4.74 Å². The molecule has 0 N–H and O–H groups in total. The number of halogens is 4. The molecule has 0 unspecified atom stereocenters. The number of alkyl halides is 3. The number of hydrogen-bond donors (Lipinski definition) is 0. The molecule has 0 spiro atoms. The number of aromatic nitrogens is 2. The molecule has 0 saturated carbocycles. The second kappa shape index (κ2) is 6.78.